The van der Waals surface area contributed by atoms with Gasteiger partial charge in [0, 0.05) is 19.1 Å². The first-order valence-corrected chi connectivity index (χ1v) is 32.0. The van der Waals surface area contributed by atoms with Crippen molar-refractivity contribution in [2.24, 2.45) is 0 Å². The van der Waals surface area contributed by atoms with E-state index < -0.39 is 141 Å². The lowest BCUT2D eigenvalue weighted by molar-refractivity contribution is -0.343. The fourth-order valence-corrected chi connectivity index (χ4v) is 11.8. The van der Waals surface area contributed by atoms with Crippen molar-refractivity contribution in [3.05, 3.63) is 203 Å². The molecular weight excluding hydrogens is 1280 g/mol. The van der Waals surface area contributed by atoms with Crippen molar-refractivity contribution >= 4 is 65.4 Å². The number of fused-ring (bicyclic) bond motifs is 4. The van der Waals surface area contributed by atoms with Crippen molar-refractivity contribution < 1.29 is 99.9 Å². The molecular formula is C70H72Cl2N2O21. The molecule has 3 aliphatic heterocycles. The standard InChI is InChI=1S/C70H72Cl2N2O21/c1-82-66(78)70(35-53-58(74-68(80)92-53)61(95-70)60(93-57(76)37-72)54(90-56(75)36-71)42-88-69(81)87-41-52-50-31-17-15-29-48(50)49-30-16-18-32-51(49)52)89-43-55-59(84-38-44-21-7-2-8-22-44)62(85-39-45-23-9-3-10-24-45)63(94-64(77)47-27-13-5-14-28-47)65(91-55)83-34-20-6-19-33-73-67(79)86-40-46-25-11-4-12-26-46/h2-5,7-18,21-32,52-55,58-63,65H,6,19-20,33-43H2,1H3,(H,73,79)(H,74,80)/t53-,54+,55+,58+,59-,60+,61+,62-,63+,65+,70+/m0/s1. The van der Waals surface area contributed by atoms with Crippen LogP contribution in [0.3, 0.4) is 0 Å². The summed E-state index contributed by atoms with van der Waals surface area (Å²) in [5.74, 6) is -8.62. The highest BCUT2D eigenvalue weighted by atomic mass is 35.5. The van der Waals surface area contributed by atoms with Gasteiger partial charge in [-0.15, -0.1) is 23.2 Å². The fraction of sp³-hybridized carbons (Fsp3) is 0.386. The third-order valence-corrected chi connectivity index (χ3v) is 16.7. The molecule has 6 aromatic carbocycles. The zero-order valence-electron chi connectivity index (χ0n) is 51.7. The molecule has 23 nitrogen and oxygen atoms in total. The third-order valence-electron chi connectivity index (χ3n) is 16.2. The minimum absolute atomic E-state index is 0.0260. The number of nitrogens with one attached hydrogen (secondary N) is 2. The Morgan fingerprint density at radius 3 is 1.83 bits per heavy atom. The molecule has 11 atom stereocenters. The topological polar surface area (TPSA) is 273 Å². The summed E-state index contributed by atoms with van der Waals surface area (Å²) in [6.07, 6.45) is -15.3. The highest BCUT2D eigenvalue weighted by Crippen LogP contribution is 2.45. The van der Waals surface area contributed by atoms with Crippen LogP contribution in [0.4, 0.5) is 14.4 Å². The van der Waals surface area contributed by atoms with Crippen LogP contribution in [-0.2, 0) is 101 Å². The van der Waals surface area contributed by atoms with Gasteiger partial charge in [-0.25, -0.2) is 24.0 Å². The molecule has 25 heteroatoms. The number of carbonyl (C=O) groups excluding carboxylic acids is 7. The molecule has 0 radical (unpaired) electrons. The second-order valence-electron chi connectivity index (χ2n) is 22.5. The summed E-state index contributed by atoms with van der Waals surface area (Å²) in [5, 5.41) is 5.40. The second kappa shape index (κ2) is 34.1. The summed E-state index contributed by atoms with van der Waals surface area (Å²) >= 11 is 12.1. The van der Waals surface area contributed by atoms with E-state index in [4.69, 9.17) is 89.5 Å². The molecule has 2 amide bonds. The Morgan fingerprint density at radius 2 is 1.21 bits per heavy atom. The van der Waals surface area contributed by atoms with E-state index in [0.717, 1.165) is 46.1 Å². The molecule has 6 aromatic rings. The average Bonchev–Trinajstić information content (AvgIpc) is 1.75. The first-order valence-electron chi connectivity index (χ1n) is 31.0. The van der Waals surface area contributed by atoms with Gasteiger partial charge >= 0.3 is 42.2 Å². The Bertz CT molecular complexity index is 3480. The highest BCUT2D eigenvalue weighted by molar-refractivity contribution is 6.26. The molecule has 0 spiro atoms. The van der Waals surface area contributed by atoms with Gasteiger partial charge < -0.3 is 76.9 Å². The van der Waals surface area contributed by atoms with Crippen LogP contribution in [0, 0.1) is 0 Å². The van der Waals surface area contributed by atoms with E-state index in [-0.39, 0.29) is 44.5 Å². The zero-order chi connectivity index (χ0) is 66.5. The van der Waals surface area contributed by atoms with Crippen molar-refractivity contribution in [1.29, 1.82) is 0 Å². The normalized spacial score (nSPS) is 22.4. The lowest BCUT2D eigenvalue weighted by Gasteiger charge is -2.48. The van der Waals surface area contributed by atoms with E-state index in [1.54, 1.807) is 30.3 Å². The van der Waals surface area contributed by atoms with Crippen LogP contribution in [0.5, 0.6) is 0 Å². The Morgan fingerprint density at radius 1 is 0.632 bits per heavy atom. The first kappa shape index (κ1) is 69.2. The maximum atomic E-state index is 14.7. The minimum atomic E-state index is -2.63. The number of carbonyl (C=O) groups is 7. The van der Waals surface area contributed by atoms with Crippen molar-refractivity contribution in [1.82, 2.24) is 10.6 Å². The lowest BCUT2D eigenvalue weighted by Crippen LogP contribution is -2.67. The summed E-state index contributed by atoms with van der Waals surface area (Å²) in [6.45, 7) is -1.37. The number of ether oxygens (including phenoxy) is 14. The highest BCUT2D eigenvalue weighted by Gasteiger charge is 2.62. The first-order chi connectivity index (χ1) is 46.3. The van der Waals surface area contributed by atoms with Gasteiger partial charge in [0.15, 0.2) is 24.6 Å². The van der Waals surface area contributed by atoms with Gasteiger partial charge in [0.1, 0.15) is 62.1 Å². The average molecular weight is 1350 g/mol. The van der Waals surface area contributed by atoms with Crippen molar-refractivity contribution in [2.75, 3.05) is 51.8 Å². The van der Waals surface area contributed by atoms with Gasteiger partial charge in [-0.2, -0.15) is 0 Å². The van der Waals surface area contributed by atoms with E-state index >= 15 is 0 Å². The van der Waals surface area contributed by atoms with E-state index in [2.05, 4.69) is 10.6 Å². The van der Waals surface area contributed by atoms with Crippen molar-refractivity contribution in [3.8, 4) is 11.1 Å². The fourth-order valence-electron chi connectivity index (χ4n) is 11.7. The number of hydrogen-bond acceptors (Lipinski definition) is 21. The Kier molecular flexibility index (Phi) is 24.9. The number of amides is 2. The molecule has 4 aliphatic rings. The van der Waals surface area contributed by atoms with E-state index in [1.165, 1.54) is 0 Å². The summed E-state index contributed by atoms with van der Waals surface area (Å²) in [4.78, 5) is 95.4. The van der Waals surface area contributed by atoms with E-state index in [0.29, 0.717) is 25.8 Å². The number of benzene rings is 6. The molecule has 0 aromatic heterocycles. The van der Waals surface area contributed by atoms with E-state index in [1.807, 2.05) is 140 Å². The number of hydrogen-bond donors (Lipinski definition) is 2. The van der Waals surface area contributed by atoms with Gasteiger partial charge in [0.05, 0.1) is 45.0 Å². The third kappa shape index (κ3) is 18.2. The number of rotatable bonds is 31. The predicted octanol–water partition coefficient (Wildman–Crippen LogP) is 9.64. The second-order valence-corrected chi connectivity index (χ2v) is 23.1. The molecule has 2 N–H and O–H groups in total. The number of halogens is 2. The maximum Gasteiger partial charge on any atom is 0.508 e. The van der Waals surface area contributed by atoms with Crippen LogP contribution in [0.2, 0.25) is 0 Å². The number of alkyl halides is 2. The maximum absolute atomic E-state index is 14.7. The summed E-state index contributed by atoms with van der Waals surface area (Å²) in [5.41, 5.74) is 6.29. The van der Waals surface area contributed by atoms with Gasteiger partial charge in [0.25, 0.3) is 5.79 Å². The summed E-state index contributed by atoms with van der Waals surface area (Å²) in [6, 6.07) is 50.0. The van der Waals surface area contributed by atoms with Crippen LogP contribution in [0.1, 0.15) is 69.8 Å². The van der Waals surface area contributed by atoms with Crippen molar-refractivity contribution in [3.63, 3.8) is 0 Å². The number of esters is 4. The molecule has 3 fully saturated rings. The Balaban J connectivity index is 0.934. The molecule has 0 bridgehead atoms. The van der Waals surface area contributed by atoms with Crippen molar-refractivity contribution in [2.45, 2.75) is 118 Å². The smallest absolute Gasteiger partial charge is 0.465 e. The minimum Gasteiger partial charge on any atom is -0.465 e. The van der Waals surface area contributed by atoms with E-state index in [9.17, 15) is 33.6 Å². The molecule has 0 saturated carbocycles. The predicted molar refractivity (Wildman–Crippen MR) is 338 cm³/mol. The molecule has 502 valence electrons. The molecule has 3 heterocycles. The van der Waals surface area contributed by atoms with Crippen LogP contribution < -0.4 is 10.6 Å². The summed E-state index contributed by atoms with van der Waals surface area (Å²) < 4.78 is 86.3. The number of unbranched alkanes of at least 4 members (excludes halogenated alkanes) is 2. The van der Waals surface area contributed by atoms with Crippen LogP contribution in [0.15, 0.2) is 170 Å². The molecule has 10 rings (SSSR count). The zero-order valence-corrected chi connectivity index (χ0v) is 53.3. The Labute approximate surface area is 558 Å². The molecule has 3 saturated heterocycles. The molecule has 1 aliphatic carbocycles. The largest absolute Gasteiger partial charge is 0.508 e. The monoisotopic (exact) mass is 1350 g/mol. The quantitative estimate of drug-likeness (QED) is 0.0177. The van der Waals surface area contributed by atoms with Gasteiger partial charge in [-0.3, -0.25) is 9.59 Å². The van der Waals surface area contributed by atoms with Crippen LogP contribution in [-0.4, -0.2) is 161 Å². The SMILES string of the molecule is COC(=O)[C@@]1(OC[C@H]2O[C@@H](OCCCCCNC(=O)OCc3ccccc3)[C@H](OC(=O)c3ccccc3)[C@@H](OCc3ccccc3)[C@H]2OCc2ccccc2)C[C@@H]2OC(=O)N[C@H]2[C@H]([C@H](OC(=O)CCl)[C@@H](COC(=O)OCC2c3ccccc3-c3ccccc32)OC(=O)CCl)O1. The number of methoxy groups -OCH3 is 1. The molecule has 95 heavy (non-hydrogen) atoms. The van der Waals surface area contributed by atoms with Gasteiger partial charge in [-0.05, 0) is 70.3 Å². The Hall–Kier alpha value is -8.65. The van der Waals surface area contributed by atoms with Gasteiger partial charge in [0.2, 0.25) is 0 Å². The van der Waals surface area contributed by atoms with Crippen LogP contribution in [0.25, 0.3) is 11.1 Å². The number of alkyl carbamates (subject to hydrolysis) is 2. The molecule has 0 unspecified atom stereocenters. The van der Waals surface area contributed by atoms with Gasteiger partial charge in [-0.1, -0.05) is 158 Å². The summed E-state index contributed by atoms with van der Waals surface area (Å²) in [7, 11) is 1.05. The van der Waals surface area contributed by atoms with Crippen LogP contribution >= 0.6 is 23.2 Å². The lowest BCUT2D eigenvalue weighted by atomic mass is 9.88.